The second-order valence-electron chi connectivity index (χ2n) is 7.23. The van der Waals surface area contributed by atoms with E-state index in [-0.39, 0.29) is 24.6 Å². The van der Waals surface area contributed by atoms with Gasteiger partial charge >= 0.3 is 5.97 Å². The lowest BCUT2D eigenvalue weighted by molar-refractivity contribution is -0.138. The number of aromatic hydroxyl groups is 1. The maximum absolute atomic E-state index is 10.9. The number of carbonyl (C=O) groups is 1. The van der Waals surface area contributed by atoms with Crippen LogP contribution in [0.5, 0.6) is 11.5 Å². The smallest absolute Gasteiger partial charge is 0.320 e. The molecular weight excluding hydrogens is 446 g/mol. The zero-order valence-electron chi connectivity index (χ0n) is 17.6. The van der Waals surface area contributed by atoms with Gasteiger partial charge in [0, 0.05) is 16.7 Å². The molecule has 0 aliphatic rings. The van der Waals surface area contributed by atoms with Crippen LogP contribution < -0.4 is 10.5 Å². The van der Waals surface area contributed by atoms with E-state index >= 15 is 0 Å². The third-order valence-electron chi connectivity index (χ3n) is 5.01. The quantitative estimate of drug-likeness (QED) is 0.369. The van der Waals surface area contributed by atoms with Crippen molar-refractivity contribution in [3.05, 3.63) is 72.3 Å². The topological polar surface area (TPSA) is 132 Å². The summed E-state index contributed by atoms with van der Waals surface area (Å²) < 4.78 is 10.9. The largest absolute Gasteiger partial charge is 0.508 e. The molecule has 0 saturated heterocycles. The minimum atomic E-state index is -1.04. The van der Waals surface area contributed by atoms with Gasteiger partial charge in [0.2, 0.25) is 5.82 Å². The van der Waals surface area contributed by atoms with E-state index in [0.717, 1.165) is 22.3 Å². The lowest BCUT2D eigenvalue weighted by atomic mass is 10.0. The van der Waals surface area contributed by atoms with Gasteiger partial charge < -0.3 is 25.2 Å². The van der Waals surface area contributed by atoms with Crippen LogP contribution >= 0.6 is 12.4 Å². The first-order valence-corrected chi connectivity index (χ1v) is 9.84. The van der Waals surface area contributed by atoms with Crippen molar-refractivity contribution in [2.24, 2.45) is 5.73 Å². The Morgan fingerprint density at radius 2 is 1.79 bits per heavy atom. The van der Waals surface area contributed by atoms with Crippen LogP contribution in [0.3, 0.4) is 0 Å². The maximum Gasteiger partial charge on any atom is 0.320 e. The van der Waals surface area contributed by atoms with Gasteiger partial charge in [0.25, 0.3) is 5.89 Å². The van der Waals surface area contributed by atoms with Crippen molar-refractivity contribution < 1.29 is 24.3 Å². The summed E-state index contributed by atoms with van der Waals surface area (Å²) in [5.41, 5.74) is 9.39. The maximum atomic E-state index is 10.9. The predicted molar refractivity (Wildman–Crippen MR) is 125 cm³/mol. The highest BCUT2D eigenvalue weighted by Crippen LogP contribution is 2.35. The first kappa shape index (κ1) is 23.8. The first-order valence-electron chi connectivity index (χ1n) is 9.84. The number of nitrogens with two attached hydrogens (primary N) is 1. The Balaban J connectivity index is 0.00000306. The number of benzene rings is 3. The van der Waals surface area contributed by atoms with Crippen molar-refractivity contribution in [1.82, 2.24) is 10.1 Å². The molecule has 0 radical (unpaired) electrons. The van der Waals surface area contributed by atoms with E-state index in [1.807, 2.05) is 18.2 Å². The summed E-state index contributed by atoms with van der Waals surface area (Å²) in [6.07, 6.45) is 0.233. The minimum absolute atomic E-state index is 0. The Hall–Kier alpha value is -3.88. The van der Waals surface area contributed by atoms with Gasteiger partial charge in [-0.1, -0.05) is 41.6 Å². The van der Waals surface area contributed by atoms with E-state index in [1.165, 1.54) is 0 Å². The average molecular weight is 468 g/mol. The number of halogens is 1. The Kier molecular flexibility index (Phi) is 7.32. The molecule has 8 nitrogen and oxygen atoms in total. The fourth-order valence-corrected chi connectivity index (χ4v) is 3.33. The van der Waals surface area contributed by atoms with Gasteiger partial charge in [-0.05, 0) is 47.9 Å². The number of phenols is 1. The number of carboxylic acids is 1. The zero-order chi connectivity index (χ0) is 22.7. The second kappa shape index (κ2) is 10.2. The minimum Gasteiger partial charge on any atom is -0.508 e. The molecule has 0 saturated carbocycles. The highest BCUT2D eigenvalue weighted by Gasteiger charge is 2.16. The van der Waals surface area contributed by atoms with Crippen LogP contribution in [0, 0.1) is 0 Å². The van der Waals surface area contributed by atoms with Crippen molar-refractivity contribution in [2.45, 2.75) is 12.5 Å². The summed E-state index contributed by atoms with van der Waals surface area (Å²) in [6, 6.07) is 18.6. The molecule has 0 aliphatic heterocycles. The molecule has 9 heteroatoms. The van der Waals surface area contributed by atoms with Crippen molar-refractivity contribution in [1.29, 1.82) is 0 Å². The van der Waals surface area contributed by atoms with E-state index in [1.54, 1.807) is 55.6 Å². The molecule has 1 heterocycles. The summed E-state index contributed by atoms with van der Waals surface area (Å²) in [5.74, 6) is 0.503. The van der Waals surface area contributed by atoms with Gasteiger partial charge in [-0.2, -0.15) is 4.98 Å². The Morgan fingerprint density at radius 3 is 2.45 bits per heavy atom. The molecule has 0 fully saturated rings. The summed E-state index contributed by atoms with van der Waals surface area (Å²) in [7, 11) is 1.58. The molecule has 1 aromatic heterocycles. The van der Waals surface area contributed by atoms with Gasteiger partial charge in [0.1, 0.15) is 17.5 Å². The van der Waals surface area contributed by atoms with Crippen LogP contribution in [0.2, 0.25) is 0 Å². The number of aliphatic carboxylic acids is 1. The summed E-state index contributed by atoms with van der Waals surface area (Å²) in [4.78, 5) is 15.4. The molecule has 170 valence electrons. The highest BCUT2D eigenvalue weighted by atomic mass is 35.5. The first-order chi connectivity index (χ1) is 15.4. The number of methoxy groups -OCH3 is 1. The van der Waals surface area contributed by atoms with Crippen LogP contribution in [-0.2, 0) is 11.2 Å². The molecule has 0 spiro atoms. The third kappa shape index (κ3) is 5.31. The normalized spacial score (nSPS) is 11.5. The summed E-state index contributed by atoms with van der Waals surface area (Å²) in [5, 5.41) is 22.8. The number of nitrogens with zero attached hydrogens (tertiary/aromatic N) is 2. The number of hydrogen-bond donors (Lipinski definition) is 3. The lowest BCUT2D eigenvalue weighted by Gasteiger charge is -2.10. The number of carboxylic acid groups (broad SMARTS) is 1. The van der Waals surface area contributed by atoms with Crippen LogP contribution in [0.15, 0.2) is 71.3 Å². The molecule has 0 unspecified atom stereocenters. The number of hydrogen-bond acceptors (Lipinski definition) is 7. The fourth-order valence-electron chi connectivity index (χ4n) is 3.33. The van der Waals surface area contributed by atoms with Gasteiger partial charge in [0.15, 0.2) is 0 Å². The molecule has 0 aliphatic carbocycles. The van der Waals surface area contributed by atoms with E-state index in [0.29, 0.717) is 23.0 Å². The molecule has 1 atom stereocenters. The van der Waals surface area contributed by atoms with Crippen LogP contribution in [-0.4, -0.2) is 39.5 Å². The summed E-state index contributed by atoms with van der Waals surface area (Å²) >= 11 is 0. The number of rotatable bonds is 7. The lowest BCUT2D eigenvalue weighted by Crippen LogP contribution is -2.32. The van der Waals surface area contributed by atoms with Crippen molar-refractivity contribution in [3.63, 3.8) is 0 Å². The molecule has 33 heavy (non-hydrogen) atoms. The molecule has 3 aromatic carbocycles. The third-order valence-corrected chi connectivity index (χ3v) is 5.01. The van der Waals surface area contributed by atoms with Crippen LogP contribution in [0.1, 0.15) is 5.56 Å². The zero-order valence-corrected chi connectivity index (χ0v) is 18.5. The number of aromatic nitrogens is 2. The predicted octanol–water partition coefficient (Wildman–Crippen LogP) is 4.16. The van der Waals surface area contributed by atoms with Gasteiger partial charge in [-0.3, -0.25) is 4.79 Å². The molecule has 4 aromatic rings. The Labute approximate surface area is 196 Å². The molecule has 0 bridgehead atoms. The molecule has 0 amide bonds. The second-order valence-corrected chi connectivity index (χ2v) is 7.23. The monoisotopic (exact) mass is 467 g/mol. The average Bonchev–Trinajstić information content (AvgIpc) is 3.29. The SMILES string of the molecule is COc1ccc(-c2nc(-c3ccc(C[C@H](N)C(=O)O)cc3)no2)cc1-c1cccc(O)c1.Cl. The van der Waals surface area contributed by atoms with E-state index < -0.39 is 12.0 Å². The van der Waals surface area contributed by atoms with E-state index in [2.05, 4.69) is 10.1 Å². The van der Waals surface area contributed by atoms with Gasteiger partial charge in [-0.25, -0.2) is 0 Å². The van der Waals surface area contributed by atoms with E-state index in [4.69, 9.17) is 20.1 Å². The van der Waals surface area contributed by atoms with Gasteiger partial charge in [0.05, 0.1) is 7.11 Å². The van der Waals surface area contributed by atoms with E-state index in [9.17, 15) is 9.90 Å². The number of ether oxygens (including phenoxy) is 1. The van der Waals surface area contributed by atoms with Crippen LogP contribution in [0.4, 0.5) is 0 Å². The fraction of sp³-hybridized carbons (Fsp3) is 0.125. The summed E-state index contributed by atoms with van der Waals surface area (Å²) in [6.45, 7) is 0. The standard InChI is InChI=1S/C24H21N3O5.ClH/c1-31-21-10-9-17(13-19(21)16-3-2-4-18(28)12-16)23-26-22(27-32-23)15-7-5-14(6-8-15)11-20(25)24(29)30;/h2-10,12-13,20,28H,11,25H2,1H3,(H,29,30);1H/t20-;/m0./s1. The molecule has 4 N–H and O–H groups in total. The van der Waals surface area contributed by atoms with Crippen molar-refractivity contribution in [3.8, 4) is 45.5 Å². The Bertz CT molecular complexity index is 1260. The highest BCUT2D eigenvalue weighted by molar-refractivity contribution is 5.85. The Morgan fingerprint density at radius 1 is 1.06 bits per heavy atom. The van der Waals surface area contributed by atoms with Crippen molar-refractivity contribution >= 4 is 18.4 Å². The van der Waals surface area contributed by atoms with Crippen LogP contribution in [0.25, 0.3) is 34.0 Å². The number of phenolic OH excluding ortho intramolecular Hbond substituents is 1. The molecule has 4 rings (SSSR count). The molecular formula is C24H22ClN3O5. The van der Waals surface area contributed by atoms with Crippen molar-refractivity contribution in [2.75, 3.05) is 7.11 Å². The van der Waals surface area contributed by atoms with Gasteiger partial charge in [-0.15, -0.1) is 12.4 Å².